The molecule has 114 valence electrons. The van der Waals surface area contributed by atoms with Crippen LogP contribution in [0.2, 0.25) is 0 Å². The van der Waals surface area contributed by atoms with E-state index in [0.29, 0.717) is 11.8 Å². The molecule has 2 nitrogen and oxygen atoms in total. The highest BCUT2D eigenvalue weighted by atomic mass is 16.5. The standard InChI is InChI=1S/C20H22O2/c1-5-17(19-9-11-21-13-19)6-2-15(1)16-3-7-18(8-4-16)20-10-12-22-14-20/h1-8,19-20H,9-14H2. The summed E-state index contributed by atoms with van der Waals surface area (Å²) in [6.45, 7) is 3.55. The Morgan fingerprint density at radius 3 is 1.32 bits per heavy atom. The van der Waals surface area contributed by atoms with Gasteiger partial charge in [0.1, 0.15) is 0 Å². The molecule has 2 aromatic rings. The molecule has 2 heterocycles. The van der Waals surface area contributed by atoms with Crippen LogP contribution in [0.1, 0.15) is 35.8 Å². The molecule has 2 atom stereocenters. The lowest BCUT2D eigenvalue weighted by molar-refractivity contribution is 0.194. The molecule has 0 amide bonds. The first-order chi connectivity index (χ1) is 10.9. The number of hydrogen-bond donors (Lipinski definition) is 0. The van der Waals surface area contributed by atoms with Gasteiger partial charge in [0.05, 0.1) is 13.2 Å². The normalized spacial score (nSPS) is 24.7. The Morgan fingerprint density at radius 1 is 0.591 bits per heavy atom. The summed E-state index contributed by atoms with van der Waals surface area (Å²) < 4.78 is 11.0. The lowest BCUT2D eigenvalue weighted by Crippen LogP contribution is -1.97. The first-order valence-electron chi connectivity index (χ1n) is 8.26. The maximum absolute atomic E-state index is 5.48. The van der Waals surface area contributed by atoms with Gasteiger partial charge in [-0.1, -0.05) is 48.5 Å². The van der Waals surface area contributed by atoms with Gasteiger partial charge in [0.15, 0.2) is 0 Å². The second kappa shape index (κ2) is 6.23. The molecule has 4 rings (SSSR count). The predicted molar refractivity (Wildman–Crippen MR) is 88.2 cm³/mol. The lowest BCUT2D eigenvalue weighted by atomic mass is 9.93. The lowest BCUT2D eigenvalue weighted by Gasteiger charge is -2.11. The van der Waals surface area contributed by atoms with E-state index in [-0.39, 0.29) is 0 Å². The van der Waals surface area contributed by atoms with Gasteiger partial charge in [0, 0.05) is 25.0 Å². The van der Waals surface area contributed by atoms with Gasteiger partial charge in [-0.3, -0.25) is 0 Å². The van der Waals surface area contributed by atoms with Crippen LogP contribution in [0.4, 0.5) is 0 Å². The van der Waals surface area contributed by atoms with Crippen LogP contribution in [0.15, 0.2) is 48.5 Å². The summed E-state index contributed by atoms with van der Waals surface area (Å²) >= 11 is 0. The Morgan fingerprint density at radius 2 is 1.00 bits per heavy atom. The van der Waals surface area contributed by atoms with Crippen molar-refractivity contribution in [1.82, 2.24) is 0 Å². The maximum atomic E-state index is 5.48. The van der Waals surface area contributed by atoms with Crippen molar-refractivity contribution < 1.29 is 9.47 Å². The zero-order valence-corrected chi connectivity index (χ0v) is 12.8. The third kappa shape index (κ3) is 2.81. The van der Waals surface area contributed by atoms with E-state index in [9.17, 15) is 0 Å². The first kappa shape index (κ1) is 14.0. The van der Waals surface area contributed by atoms with Crippen LogP contribution in [-0.2, 0) is 9.47 Å². The molecule has 0 aromatic heterocycles. The average Bonchev–Trinajstić information content (AvgIpc) is 3.29. The van der Waals surface area contributed by atoms with Crippen molar-refractivity contribution >= 4 is 0 Å². The summed E-state index contributed by atoms with van der Waals surface area (Å²) in [4.78, 5) is 0. The van der Waals surface area contributed by atoms with Crippen molar-refractivity contribution in [2.45, 2.75) is 24.7 Å². The van der Waals surface area contributed by atoms with E-state index in [1.807, 2.05) is 0 Å². The molecule has 0 aliphatic carbocycles. The summed E-state index contributed by atoms with van der Waals surface area (Å²) in [5.41, 5.74) is 5.38. The summed E-state index contributed by atoms with van der Waals surface area (Å²) in [5, 5.41) is 0. The smallest absolute Gasteiger partial charge is 0.0535 e. The second-order valence-electron chi connectivity index (χ2n) is 6.37. The molecule has 0 N–H and O–H groups in total. The summed E-state index contributed by atoms with van der Waals surface area (Å²) in [7, 11) is 0. The van der Waals surface area contributed by atoms with Crippen molar-refractivity contribution in [3.63, 3.8) is 0 Å². The van der Waals surface area contributed by atoms with Gasteiger partial charge < -0.3 is 9.47 Å². The van der Waals surface area contributed by atoms with Crippen molar-refractivity contribution in [2.75, 3.05) is 26.4 Å². The van der Waals surface area contributed by atoms with Gasteiger partial charge in [0.25, 0.3) is 0 Å². The Bertz CT molecular complexity index is 546. The van der Waals surface area contributed by atoms with Gasteiger partial charge in [-0.15, -0.1) is 0 Å². The zero-order chi connectivity index (χ0) is 14.8. The van der Waals surface area contributed by atoms with Gasteiger partial charge in [-0.25, -0.2) is 0 Å². The van der Waals surface area contributed by atoms with Gasteiger partial charge in [-0.05, 0) is 35.1 Å². The minimum absolute atomic E-state index is 0.582. The average molecular weight is 294 g/mol. The molecule has 0 bridgehead atoms. The van der Waals surface area contributed by atoms with Crippen LogP contribution in [0.5, 0.6) is 0 Å². The number of rotatable bonds is 3. The number of benzene rings is 2. The van der Waals surface area contributed by atoms with E-state index in [0.717, 1.165) is 39.3 Å². The third-order valence-corrected chi connectivity index (χ3v) is 4.96. The Kier molecular flexibility index (Phi) is 3.96. The van der Waals surface area contributed by atoms with Crippen molar-refractivity contribution in [3.8, 4) is 11.1 Å². The molecule has 2 saturated heterocycles. The van der Waals surface area contributed by atoms with Gasteiger partial charge in [0.2, 0.25) is 0 Å². The van der Waals surface area contributed by atoms with Crippen LogP contribution >= 0.6 is 0 Å². The van der Waals surface area contributed by atoms with Gasteiger partial charge >= 0.3 is 0 Å². The quantitative estimate of drug-likeness (QED) is 0.837. The molecular weight excluding hydrogens is 272 g/mol. The molecule has 2 aliphatic rings. The van der Waals surface area contributed by atoms with E-state index < -0.39 is 0 Å². The summed E-state index contributed by atoms with van der Waals surface area (Å²) in [5.74, 6) is 1.16. The number of hydrogen-bond acceptors (Lipinski definition) is 2. The van der Waals surface area contributed by atoms with E-state index >= 15 is 0 Å². The monoisotopic (exact) mass is 294 g/mol. The Hall–Kier alpha value is -1.64. The molecule has 2 heteroatoms. The van der Waals surface area contributed by atoms with Crippen LogP contribution in [0.25, 0.3) is 11.1 Å². The molecule has 22 heavy (non-hydrogen) atoms. The summed E-state index contributed by atoms with van der Waals surface area (Å²) in [6, 6.07) is 18.0. The zero-order valence-electron chi connectivity index (χ0n) is 12.8. The fourth-order valence-corrected chi connectivity index (χ4v) is 3.49. The topological polar surface area (TPSA) is 18.5 Å². The molecule has 2 aromatic carbocycles. The van der Waals surface area contributed by atoms with Crippen molar-refractivity contribution in [1.29, 1.82) is 0 Å². The van der Waals surface area contributed by atoms with E-state index in [1.165, 1.54) is 22.3 Å². The minimum atomic E-state index is 0.582. The SMILES string of the molecule is c1cc(C2CCOC2)ccc1-c1ccc(C2CCOC2)cc1. The molecule has 2 unspecified atom stereocenters. The van der Waals surface area contributed by atoms with Crippen LogP contribution < -0.4 is 0 Å². The second-order valence-corrected chi connectivity index (χ2v) is 6.37. The molecular formula is C20H22O2. The Balaban J connectivity index is 1.51. The molecule has 0 saturated carbocycles. The van der Waals surface area contributed by atoms with Crippen molar-refractivity contribution in [2.24, 2.45) is 0 Å². The van der Waals surface area contributed by atoms with Crippen molar-refractivity contribution in [3.05, 3.63) is 59.7 Å². The molecule has 2 aliphatic heterocycles. The van der Waals surface area contributed by atoms with Crippen LogP contribution in [0, 0.1) is 0 Å². The maximum Gasteiger partial charge on any atom is 0.0535 e. The fraction of sp³-hybridized carbons (Fsp3) is 0.400. The molecule has 0 spiro atoms. The third-order valence-electron chi connectivity index (χ3n) is 4.96. The van der Waals surface area contributed by atoms with E-state index in [2.05, 4.69) is 48.5 Å². The van der Waals surface area contributed by atoms with Gasteiger partial charge in [-0.2, -0.15) is 0 Å². The minimum Gasteiger partial charge on any atom is -0.381 e. The van der Waals surface area contributed by atoms with E-state index in [1.54, 1.807) is 0 Å². The van der Waals surface area contributed by atoms with Crippen LogP contribution in [0.3, 0.4) is 0 Å². The predicted octanol–water partition coefficient (Wildman–Crippen LogP) is 4.36. The highest BCUT2D eigenvalue weighted by molar-refractivity contribution is 5.64. The molecule has 2 fully saturated rings. The first-order valence-corrected chi connectivity index (χ1v) is 8.26. The molecule has 0 radical (unpaired) electrons. The fourth-order valence-electron chi connectivity index (χ4n) is 3.49. The highest BCUT2D eigenvalue weighted by Crippen LogP contribution is 2.30. The Labute approximate surface area is 132 Å². The summed E-state index contributed by atoms with van der Waals surface area (Å²) in [6.07, 6.45) is 2.30. The number of ether oxygens (including phenoxy) is 2. The highest BCUT2D eigenvalue weighted by Gasteiger charge is 2.18. The largest absolute Gasteiger partial charge is 0.381 e. The van der Waals surface area contributed by atoms with Crippen LogP contribution in [-0.4, -0.2) is 26.4 Å². The van der Waals surface area contributed by atoms with E-state index in [4.69, 9.17) is 9.47 Å².